The molecule has 0 bridgehead atoms. The van der Waals surface area contributed by atoms with Crippen LogP contribution in [0.5, 0.6) is 0 Å². The van der Waals surface area contributed by atoms with Crippen molar-refractivity contribution in [3.63, 3.8) is 0 Å². The maximum Gasteiger partial charge on any atom is 0.404 e. The van der Waals surface area contributed by atoms with Crippen molar-refractivity contribution in [3.05, 3.63) is 34.4 Å². The SMILES string of the molecule is O=C(O)NCCOCCOCCNc1ccccc1[N+](=O)[O-]. The van der Waals surface area contributed by atoms with E-state index >= 15 is 0 Å². The van der Waals surface area contributed by atoms with Gasteiger partial charge in [0.15, 0.2) is 0 Å². The fourth-order valence-electron chi connectivity index (χ4n) is 1.59. The summed E-state index contributed by atoms with van der Waals surface area (Å²) in [4.78, 5) is 20.5. The standard InChI is InChI=1S/C13H19N3O6/c17-13(18)15-6-8-22-10-9-21-7-5-14-11-3-1-2-4-12(11)16(19)20/h1-4,14-15H,5-10H2,(H,17,18). The van der Waals surface area contributed by atoms with Crippen LogP contribution in [0.15, 0.2) is 24.3 Å². The van der Waals surface area contributed by atoms with E-state index in [1.54, 1.807) is 18.2 Å². The highest BCUT2D eigenvalue weighted by Crippen LogP contribution is 2.22. The first-order valence-corrected chi connectivity index (χ1v) is 6.71. The first-order chi connectivity index (χ1) is 10.6. The highest BCUT2D eigenvalue weighted by atomic mass is 16.6. The monoisotopic (exact) mass is 313 g/mol. The second-order valence-electron chi connectivity index (χ2n) is 4.16. The average Bonchev–Trinajstić information content (AvgIpc) is 2.49. The molecule has 22 heavy (non-hydrogen) atoms. The van der Waals surface area contributed by atoms with Crippen LogP contribution in [0.1, 0.15) is 0 Å². The van der Waals surface area contributed by atoms with Gasteiger partial charge in [0.05, 0.1) is 31.4 Å². The van der Waals surface area contributed by atoms with E-state index in [1.807, 2.05) is 0 Å². The molecule has 1 aromatic rings. The highest BCUT2D eigenvalue weighted by Gasteiger charge is 2.10. The van der Waals surface area contributed by atoms with Crippen molar-refractivity contribution in [1.82, 2.24) is 5.32 Å². The number of benzene rings is 1. The molecule has 9 heteroatoms. The van der Waals surface area contributed by atoms with E-state index in [4.69, 9.17) is 14.6 Å². The highest BCUT2D eigenvalue weighted by molar-refractivity contribution is 5.64. The summed E-state index contributed by atoms with van der Waals surface area (Å²) in [6, 6.07) is 6.39. The molecule has 0 fully saturated rings. The van der Waals surface area contributed by atoms with E-state index in [0.29, 0.717) is 32.1 Å². The predicted octanol–water partition coefficient (Wildman–Crippen LogP) is 1.31. The molecule has 3 N–H and O–H groups in total. The van der Waals surface area contributed by atoms with Crippen molar-refractivity contribution < 1.29 is 24.3 Å². The number of nitro groups is 1. The fourth-order valence-corrected chi connectivity index (χ4v) is 1.59. The van der Waals surface area contributed by atoms with Gasteiger partial charge in [0, 0.05) is 19.2 Å². The van der Waals surface area contributed by atoms with Crippen molar-refractivity contribution in [2.75, 3.05) is 44.8 Å². The van der Waals surface area contributed by atoms with Crippen molar-refractivity contribution in [2.24, 2.45) is 0 Å². The molecule has 0 aliphatic heterocycles. The summed E-state index contributed by atoms with van der Waals surface area (Å²) in [5, 5.41) is 24.2. The fraction of sp³-hybridized carbons (Fsp3) is 0.462. The van der Waals surface area contributed by atoms with Crippen molar-refractivity contribution in [2.45, 2.75) is 0 Å². The van der Waals surface area contributed by atoms with Gasteiger partial charge in [0.1, 0.15) is 5.69 Å². The Kier molecular flexibility index (Phi) is 8.31. The Morgan fingerprint density at radius 1 is 1.14 bits per heavy atom. The van der Waals surface area contributed by atoms with Crippen LogP contribution in [0.25, 0.3) is 0 Å². The Bertz CT molecular complexity index is 483. The Balaban J connectivity index is 2.04. The number of ether oxygens (including phenoxy) is 2. The van der Waals surface area contributed by atoms with E-state index in [0.717, 1.165) is 0 Å². The van der Waals surface area contributed by atoms with Gasteiger partial charge in [0.2, 0.25) is 0 Å². The zero-order chi connectivity index (χ0) is 16.2. The summed E-state index contributed by atoms with van der Waals surface area (Å²) >= 11 is 0. The van der Waals surface area contributed by atoms with E-state index in [-0.39, 0.29) is 18.8 Å². The summed E-state index contributed by atoms with van der Waals surface area (Å²) in [5.74, 6) is 0. The third kappa shape index (κ3) is 7.41. The topological polar surface area (TPSA) is 123 Å². The van der Waals surface area contributed by atoms with Crippen LogP contribution in [0.3, 0.4) is 0 Å². The minimum absolute atomic E-state index is 0.0248. The molecular formula is C13H19N3O6. The number of nitrogens with zero attached hydrogens (tertiary/aromatic N) is 1. The van der Waals surface area contributed by atoms with E-state index < -0.39 is 11.0 Å². The van der Waals surface area contributed by atoms with E-state index in [1.165, 1.54) is 6.07 Å². The molecule has 1 rings (SSSR count). The molecule has 0 aliphatic carbocycles. The lowest BCUT2D eigenvalue weighted by Crippen LogP contribution is -2.25. The van der Waals surface area contributed by atoms with Crippen LogP contribution in [-0.4, -0.2) is 55.6 Å². The number of nitro benzene ring substituents is 1. The molecular weight excluding hydrogens is 294 g/mol. The van der Waals surface area contributed by atoms with Gasteiger partial charge in [-0.3, -0.25) is 10.1 Å². The van der Waals surface area contributed by atoms with Crippen LogP contribution < -0.4 is 10.6 Å². The molecule has 0 unspecified atom stereocenters. The van der Waals surface area contributed by atoms with Gasteiger partial charge in [0.25, 0.3) is 5.69 Å². The molecule has 1 amide bonds. The van der Waals surface area contributed by atoms with Crippen molar-refractivity contribution in [3.8, 4) is 0 Å². The second-order valence-corrected chi connectivity index (χ2v) is 4.16. The summed E-state index contributed by atoms with van der Waals surface area (Å²) in [6.45, 7) is 2.05. The van der Waals surface area contributed by atoms with Gasteiger partial charge >= 0.3 is 6.09 Å². The normalized spacial score (nSPS) is 10.2. The molecule has 1 aromatic carbocycles. The molecule has 0 spiro atoms. The van der Waals surface area contributed by atoms with Crippen LogP contribution in [-0.2, 0) is 9.47 Å². The zero-order valence-corrected chi connectivity index (χ0v) is 12.0. The smallest absolute Gasteiger partial charge is 0.404 e. The summed E-state index contributed by atoms with van der Waals surface area (Å²) in [6.07, 6.45) is -1.08. The number of anilines is 1. The Morgan fingerprint density at radius 2 is 1.77 bits per heavy atom. The number of carboxylic acid groups (broad SMARTS) is 1. The number of hydrogen-bond donors (Lipinski definition) is 3. The van der Waals surface area contributed by atoms with Gasteiger partial charge < -0.3 is 25.2 Å². The quantitative estimate of drug-likeness (QED) is 0.320. The third-order valence-electron chi connectivity index (χ3n) is 2.56. The van der Waals surface area contributed by atoms with Gasteiger partial charge in [-0.15, -0.1) is 0 Å². The first-order valence-electron chi connectivity index (χ1n) is 6.71. The summed E-state index contributed by atoms with van der Waals surface area (Å²) < 4.78 is 10.4. The number of carbonyl (C=O) groups is 1. The van der Waals surface area contributed by atoms with Crippen molar-refractivity contribution >= 4 is 17.5 Å². The Morgan fingerprint density at radius 3 is 2.41 bits per heavy atom. The molecule has 0 heterocycles. The average molecular weight is 313 g/mol. The molecule has 0 radical (unpaired) electrons. The lowest BCUT2D eigenvalue weighted by Gasteiger charge is -2.08. The molecule has 0 aliphatic rings. The van der Waals surface area contributed by atoms with Crippen molar-refractivity contribution in [1.29, 1.82) is 0 Å². The minimum Gasteiger partial charge on any atom is -0.465 e. The number of amides is 1. The minimum atomic E-state index is -1.08. The zero-order valence-electron chi connectivity index (χ0n) is 12.0. The lowest BCUT2D eigenvalue weighted by atomic mass is 10.2. The van der Waals surface area contributed by atoms with Crippen LogP contribution in [0, 0.1) is 10.1 Å². The number of hydrogen-bond acceptors (Lipinski definition) is 6. The second kappa shape index (κ2) is 10.4. The first kappa shape index (κ1) is 17.7. The molecule has 0 atom stereocenters. The maximum atomic E-state index is 10.8. The molecule has 122 valence electrons. The van der Waals surface area contributed by atoms with Crippen LogP contribution in [0.4, 0.5) is 16.2 Å². The summed E-state index contributed by atoms with van der Waals surface area (Å²) in [5.41, 5.74) is 0.476. The van der Waals surface area contributed by atoms with E-state index in [9.17, 15) is 14.9 Å². The molecule has 9 nitrogen and oxygen atoms in total. The van der Waals surface area contributed by atoms with Crippen LogP contribution in [0.2, 0.25) is 0 Å². The number of rotatable bonds is 11. The van der Waals surface area contributed by atoms with Gasteiger partial charge in [-0.2, -0.15) is 0 Å². The van der Waals surface area contributed by atoms with Gasteiger partial charge in [-0.1, -0.05) is 12.1 Å². The molecule has 0 aromatic heterocycles. The Labute approximate surface area is 127 Å². The number of para-hydroxylation sites is 2. The lowest BCUT2D eigenvalue weighted by molar-refractivity contribution is -0.384. The molecule has 0 saturated heterocycles. The van der Waals surface area contributed by atoms with Gasteiger partial charge in [-0.25, -0.2) is 4.79 Å². The van der Waals surface area contributed by atoms with Crippen LogP contribution >= 0.6 is 0 Å². The predicted molar refractivity (Wildman–Crippen MR) is 79.3 cm³/mol. The maximum absolute atomic E-state index is 10.8. The van der Waals surface area contributed by atoms with Gasteiger partial charge in [-0.05, 0) is 6.07 Å². The van der Waals surface area contributed by atoms with E-state index in [2.05, 4.69) is 10.6 Å². The molecule has 0 saturated carbocycles. The number of nitrogens with one attached hydrogen (secondary N) is 2. The largest absolute Gasteiger partial charge is 0.465 e. The summed E-state index contributed by atoms with van der Waals surface area (Å²) in [7, 11) is 0. The third-order valence-corrected chi connectivity index (χ3v) is 2.56. The Hall–Kier alpha value is -2.39.